The van der Waals surface area contributed by atoms with Gasteiger partial charge < -0.3 is 10.3 Å². The van der Waals surface area contributed by atoms with Crippen LogP contribution in [0.1, 0.15) is 44.1 Å². The molecule has 1 heterocycles. The Labute approximate surface area is 119 Å². The van der Waals surface area contributed by atoms with E-state index in [1.807, 2.05) is 12.1 Å². The number of hydrogen-bond acceptors (Lipinski definition) is 4. The van der Waals surface area contributed by atoms with Gasteiger partial charge in [-0.1, -0.05) is 47.8 Å². The number of rotatable bonds is 2. The smallest absolute Gasteiger partial charge is 0.234 e. The van der Waals surface area contributed by atoms with Crippen molar-refractivity contribution in [1.82, 2.24) is 10.1 Å². The summed E-state index contributed by atoms with van der Waals surface area (Å²) < 4.78 is 5.52. The Balaban J connectivity index is 1.91. The fraction of sp³-hybridized carbons (Fsp3) is 0.500. The van der Waals surface area contributed by atoms with Crippen molar-refractivity contribution in [3.05, 3.63) is 35.7 Å². The molecule has 1 aromatic heterocycles. The van der Waals surface area contributed by atoms with Crippen LogP contribution in [0.5, 0.6) is 0 Å². The molecule has 3 rings (SSSR count). The molecule has 1 aliphatic rings. The van der Waals surface area contributed by atoms with Crippen LogP contribution in [0.3, 0.4) is 0 Å². The van der Waals surface area contributed by atoms with Gasteiger partial charge in [-0.2, -0.15) is 4.98 Å². The van der Waals surface area contributed by atoms with Crippen molar-refractivity contribution in [3.63, 3.8) is 0 Å². The summed E-state index contributed by atoms with van der Waals surface area (Å²) in [5.74, 6) is 1.33. The fourth-order valence-electron chi connectivity index (χ4n) is 2.90. The lowest BCUT2D eigenvalue weighted by Gasteiger charge is -2.35. The van der Waals surface area contributed by atoms with E-state index < -0.39 is 0 Å². The molecule has 2 atom stereocenters. The topological polar surface area (TPSA) is 64.9 Å². The number of benzene rings is 1. The minimum absolute atomic E-state index is 0.0996. The summed E-state index contributed by atoms with van der Waals surface area (Å²) in [6.45, 7) is 4.21. The van der Waals surface area contributed by atoms with Gasteiger partial charge in [0.2, 0.25) is 11.7 Å². The molecule has 0 saturated heterocycles. The molecule has 0 aliphatic heterocycles. The largest absolute Gasteiger partial charge is 0.338 e. The maximum absolute atomic E-state index is 6.29. The molecule has 1 aromatic carbocycles. The second-order valence-electron chi connectivity index (χ2n) is 6.06. The Kier molecular flexibility index (Phi) is 3.34. The molecule has 1 saturated carbocycles. The highest BCUT2D eigenvalue weighted by Crippen LogP contribution is 2.37. The SMILES string of the molecule is Cc1ccc(-c2noc(C3(C)CCCCC3N)n2)cc1. The first-order valence-corrected chi connectivity index (χ1v) is 7.26. The van der Waals surface area contributed by atoms with E-state index in [-0.39, 0.29) is 11.5 Å². The predicted octanol–water partition coefficient (Wildman–Crippen LogP) is 3.20. The molecule has 2 N–H and O–H groups in total. The van der Waals surface area contributed by atoms with E-state index in [0.717, 1.165) is 18.4 Å². The average Bonchev–Trinajstić information content (AvgIpc) is 2.93. The van der Waals surface area contributed by atoms with Gasteiger partial charge in [-0.25, -0.2) is 0 Å². The van der Waals surface area contributed by atoms with Crippen LogP contribution < -0.4 is 5.73 Å². The van der Waals surface area contributed by atoms with Gasteiger partial charge in [-0.15, -0.1) is 0 Å². The Morgan fingerprint density at radius 1 is 1.25 bits per heavy atom. The quantitative estimate of drug-likeness (QED) is 0.911. The number of nitrogens with two attached hydrogens (primary N) is 1. The lowest BCUT2D eigenvalue weighted by Crippen LogP contribution is -2.45. The summed E-state index contributed by atoms with van der Waals surface area (Å²) in [6, 6.07) is 8.25. The van der Waals surface area contributed by atoms with Crippen LogP contribution in [0, 0.1) is 6.92 Å². The average molecular weight is 271 g/mol. The molecule has 106 valence electrons. The monoisotopic (exact) mass is 271 g/mol. The normalized spacial score (nSPS) is 26.6. The lowest BCUT2D eigenvalue weighted by molar-refractivity contribution is 0.203. The zero-order valence-corrected chi connectivity index (χ0v) is 12.1. The maximum Gasteiger partial charge on any atom is 0.234 e. The van der Waals surface area contributed by atoms with Crippen LogP contribution >= 0.6 is 0 Å². The van der Waals surface area contributed by atoms with E-state index in [9.17, 15) is 0 Å². The Morgan fingerprint density at radius 3 is 2.70 bits per heavy atom. The molecule has 0 radical (unpaired) electrons. The fourth-order valence-corrected chi connectivity index (χ4v) is 2.90. The molecule has 0 bridgehead atoms. The predicted molar refractivity (Wildman–Crippen MR) is 78.3 cm³/mol. The molecule has 4 nitrogen and oxygen atoms in total. The minimum atomic E-state index is -0.186. The first-order valence-electron chi connectivity index (χ1n) is 7.26. The van der Waals surface area contributed by atoms with E-state index in [1.165, 1.54) is 18.4 Å². The Morgan fingerprint density at radius 2 is 2.00 bits per heavy atom. The van der Waals surface area contributed by atoms with Gasteiger partial charge in [0.15, 0.2) is 0 Å². The zero-order chi connectivity index (χ0) is 14.2. The summed E-state index contributed by atoms with van der Waals surface area (Å²) in [6.07, 6.45) is 4.41. The molecule has 2 unspecified atom stereocenters. The van der Waals surface area contributed by atoms with Gasteiger partial charge in [-0.05, 0) is 26.7 Å². The summed E-state index contributed by atoms with van der Waals surface area (Å²) in [5.41, 5.74) is 8.30. The van der Waals surface area contributed by atoms with Gasteiger partial charge >= 0.3 is 0 Å². The summed E-state index contributed by atoms with van der Waals surface area (Å²) in [7, 11) is 0. The van der Waals surface area contributed by atoms with Crippen LogP contribution in [-0.2, 0) is 5.41 Å². The highest BCUT2D eigenvalue weighted by atomic mass is 16.5. The first kappa shape index (κ1) is 13.3. The summed E-state index contributed by atoms with van der Waals surface area (Å²) >= 11 is 0. The molecular weight excluding hydrogens is 250 g/mol. The van der Waals surface area contributed by atoms with Gasteiger partial charge in [0, 0.05) is 11.6 Å². The Hall–Kier alpha value is -1.68. The zero-order valence-electron chi connectivity index (χ0n) is 12.1. The van der Waals surface area contributed by atoms with E-state index >= 15 is 0 Å². The van der Waals surface area contributed by atoms with Gasteiger partial charge in [-0.3, -0.25) is 0 Å². The number of aromatic nitrogens is 2. The van der Waals surface area contributed by atoms with Gasteiger partial charge in [0.1, 0.15) is 0 Å². The van der Waals surface area contributed by atoms with Gasteiger partial charge in [0.25, 0.3) is 0 Å². The molecule has 0 spiro atoms. The third kappa shape index (κ3) is 2.24. The number of nitrogens with zero attached hydrogens (tertiary/aromatic N) is 2. The third-order valence-electron chi connectivity index (χ3n) is 4.50. The third-order valence-corrected chi connectivity index (χ3v) is 4.50. The molecular formula is C16H21N3O. The second kappa shape index (κ2) is 5.02. The molecule has 1 fully saturated rings. The molecule has 4 heteroatoms. The van der Waals surface area contributed by atoms with Crippen molar-refractivity contribution in [1.29, 1.82) is 0 Å². The van der Waals surface area contributed by atoms with Crippen LogP contribution in [0.2, 0.25) is 0 Å². The van der Waals surface area contributed by atoms with Gasteiger partial charge in [0.05, 0.1) is 5.41 Å². The van der Waals surface area contributed by atoms with Crippen LogP contribution in [0.25, 0.3) is 11.4 Å². The highest BCUT2D eigenvalue weighted by Gasteiger charge is 2.40. The standard InChI is InChI=1S/C16H21N3O/c1-11-6-8-12(9-7-11)14-18-15(20-19-14)16(2)10-4-3-5-13(16)17/h6-9,13H,3-5,10,17H2,1-2H3. The van der Waals surface area contributed by atoms with Crippen molar-refractivity contribution in [3.8, 4) is 11.4 Å². The summed E-state index contributed by atoms with van der Waals surface area (Å²) in [4.78, 5) is 4.60. The maximum atomic E-state index is 6.29. The highest BCUT2D eigenvalue weighted by molar-refractivity contribution is 5.54. The van der Waals surface area contributed by atoms with Crippen molar-refractivity contribution < 1.29 is 4.52 Å². The molecule has 0 amide bonds. The van der Waals surface area contributed by atoms with Crippen molar-refractivity contribution in [2.45, 2.75) is 51.0 Å². The second-order valence-corrected chi connectivity index (χ2v) is 6.06. The summed E-state index contributed by atoms with van der Waals surface area (Å²) in [5, 5.41) is 4.13. The number of hydrogen-bond donors (Lipinski definition) is 1. The van der Waals surface area contributed by atoms with Crippen molar-refractivity contribution in [2.75, 3.05) is 0 Å². The Bertz CT molecular complexity index is 590. The molecule has 20 heavy (non-hydrogen) atoms. The van der Waals surface area contributed by atoms with Crippen LogP contribution in [0.15, 0.2) is 28.8 Å². The van der Waals surface area contributed by atoms with Crippen molar-refractivity contribution in [2.24, 2.45) is 5.73 Å². The number of aryl methyl sites for hydroxylation is 1. The van der Waals surface area contributed by atoms with E-state index in [4.69, 9.17) is 10.3 Å². The molecule has 2 aromatic rings. The van der Waals surface area contributed by atoms with Crippen LogP contribution in [0.4, 0.5) is 0 Å². The molecule has 1 aliphatic carbocycles. The lowest BCUT2D eigenvalue weighted by atomic mass is 9.72. The minimum Gasteiger partial charge on any atom is -0.338 e. The van der Waals surface area contributed by atoms with E-state index in [0.29, 0.717) is 11.7 Å². The first-order chi connectivity index (χ1) is 9.59. The van der Waals surface area contributed by atoms with E-state index in [2.05, 4.69) is 36.1 Å². The van der Waals surface area contributed by atoms with Crippen LogP contribution in [-0.4, -0.2) is 16.2 Å². The van der Waals surface area contributed by atoms with E-state index in [1.54, 1.807) is 0 Å². The van der Waals surface area contributed by atoms with Crippen molar-refractivity contribution >= 4 is 0 Å².